The van der Waals surface area contributed by atoms with Gasteiger partial charge in [0.25, 0.3) is 0 Å². The Hall–Kier alpha value is -0.260. The molecule has 1 fully saturated rings. The van der Waals surface area contributed by atoms with E-state index < -0.39 is 0 Å². The largest absolute Gasteiger partial charge is 0.380 e. The second-order valence-electron chi connectivity index (χ2n) is 3.23. The molecule has 1 saturated carbocycles. The standard InChI is InChI=1S/C8H11IN2O/c9-6-7(12-11-8(6)10)5-3-1-2-4-5/h5H,1-4H2,(H2,10,11). The van der Waals surface area contributed by atoms with E-state index >= 15 is 0 Å². The van der Waals surface area contributed by atoms with Gasteiger partial charge in [-0.3, -0.25) is 0 Å². The molecule has 0 aliphatic heterocycles. The molecular formula is C8H11IN2O. The molecule has 2 N–H and O–H groups in total. The van der Waals surface area contributed by atoms with Crippen molar-refractivity contribution in [3.8, 4) is 0 Å². The summed E-state index contributed by atoms with van der Waals surface area (Å²) in [5.74, 6) is 2.12. The van der Waals surface area contributed by atoms with Gasteiger partial charge in [0.05, 0.1) is 3.57 Å². The molecule has 12 heavy (non-hydrogen) atoms. The lowest BCUT2D eigenvalue weighted by molar-refractivity contribution is 0.361. The first-order valence-electron chi connectivity index (χ1n) is 4.19. The minimum atomic E-state index is 0.539. The van der Waals surface area contributed by atoms with Crippen molar-refractivity contribution in [2.45, 2.75) is 31.6 Å². The maximum Gasteiger partial charge on any atom is 0.180 e. The highest BCUT2D eigenvalue weighted by atomic mass is 127. The van der Waals surface area contributed by atoms with Crippen LogP contribution in [-0.4, -0.2) is 5.16 Å². The van der Waals surface area contributed by atoms with Gasteiger partial charge in [0.15, 0.2) is 11.6 Å². The zero-order valence-corrected chi connectivity index (χ0v) is 8.87. The van der Waals surface area contributed by atoms with E-state index in [1.54, 1.807) is 0 Å². The van der Waals surface area contributed by atoms with E-state index in [9.17, 15) is 0 Å². The lowest BCUT2D eigenvalue weighted by Crippen LogP contribution is -1.93. The van der Waals surface area contributed by atoms with E-state index in [0.717, 1.165) is 9.33 Å². The Labute approximate surface area is 84.8 Å². The van der Waals surface area contributed by atoms with E-state index in [-0.39, 0.29) is 0 Å². The Morgan fingerprint density at radius 1 is 1.42 bits per heavy atom. The van der Waals surface area contributed by atoms with Gasteiger partial charge < -0.3 is 10.3 Å². The van der Waals surface area contributed by atoms with Crippen LogP contribution in [-0.2, 0) is 0 Å². The Kier molecular flexibility index (Phi) is 2.25. The zero-order valence-electron chi connectivity index (χ0n) is 6.72. The number of nitrogens with zero attached hydrogens (tertiary/aromatic N) is 1. The zero-order chi connectivity index (χ0) is 8.55. The van der Waals surface area contributed by atoms with Crippen molar-refractivity contribution >= 4 is 28.4 Å². The highest BCUT2D eigenvalue weighted by Crippen LogP contribution is 2.37. The third-order valence-corrected chi connectivity index (χ3v) is 3.49. The summed E-state index contributed by atoms with van der Waals surface area (Å²) >= 11 is 2.21. The molecule has 0 bridgehead atoms. The number of rotatable bonds is 1. The van der Waals surface area contributed by atoms with E-state index in [2.05, 4.69) is 27.7 Å². The van der Waals surface area contributed by atoms with Gasteiger partial charge >= 0.3 is 0 Å². The third kappa shape index (κ3) is 1.32. The molecule has 0 spiro atoms. The number of halogens is 1. The summed E-state index contributed by atoms with van der Waals surface area (Å²) < 4.78 is 6.21. The van der Waals surface area contributed by atoms with Crippen molar-refractivity contribution in [3.63, 3.8) is 0 Å². The van der Waals surface area contributed by atoms with Crippen molar-refractivity contribution in [3.05, 3.63) is 9.33 Å². The molecule has 0 saturated heterocycles. The SMILES string of the molecule is Nc1noc(C2CCCC2)c1I. The predicted octanol–water partition coefficient (Wildman–Crippen LogP) is 2.52. The van der Waals surface area contributed by atoms with Crippen LogP contribution in [0.15, 0.2) is 4.52 Å². The van der Waals surface area contributed by atoms with Gasteiger partial charge in [-0.2, -0.15) is 0 Å². The van der Waals surface area contributed by atoms with Crippen molar-refractivity contribution < 1.29 is 4.52 Å². The summed E-state index contributed by atoms with van der Waals surface area (Å²) in [6.07, 6.45) is 5.07. The van der Waals surface area contributed by atoms with E-state index in [0.29, 0.717) is 11.7 Å². The van der Waals surface area contributed by atoms with Crippen molar-refractivity contribution in [1.29, 1.82) is 0 Å². The maximum absolute atomic E-state index is 5.60. The Morgan fingerprint density at radius 2 is 2.08 bits per heavy atom. The van der Waals surface area contributed by atoms with Crippen molar-refractivity contribution in [1.82, 2.24) is 5.16 Å². The van der Waals surface area contributed by atoms with Gasteiger partial charge in [0.1, 0.15) is 0 Å². The molecule has 66 valence electrons. The average Bonchev–Trinajstić information content (AvgIpc) is 2.64. The smallest absolute Gasteiger partial charge is 0.180 e. The molecule has 3 nitrogen and oxygen atoms in total. The van der Waals surface area contributed by atoms with Gasteiger partial charge in [0, 0.05) is 5.92 Å². The topological polar surface area (TPSA) is 52.0 Å². The molecule has 1 aliphatic carbocycles. The molecule has 1 aromatic heterocycles. The summed E-state index contributed by atoms with van der Waals surface area (Å²) in [5.41, 5.74) is 5.60. The molecule has 0 radical (unpaired) electrons. The summed E-state index contributed by atoms with van der Waals surface area (Å²) in [5, 5.41) is 3.76. The third-order valence-electron chi connectivity index (χ3n) is 2.41. The predicted molar refractivity (Wildman–Crippen MR) is 54.8 cm³/mol. The number of aromatic nitrogens is 1. The molecule has 0 aromatic carbocycles. The molecule has 0 unspecified atom stereocenters. The highest BCUT2D eigenvalue weighted by molar-refractivity contribution is 14.1. The number of nitrogens with two attached hydrogens (primary N) is 1. The summed E-state index contributed by atoms with van der Waals surface area (Å²) in [7, 11) is 0. The second-order valence-corrected chi connectivity index (χ2v) is 4.31. The van der Waals surface area contributed by atoms with Crippen LogP contribution in [0.2, 0.25) is 0 Å². The van der Waals surface area contributed by atoms with Crippen molar-refractivity contribution in [2.24, 2.45) is 0 Å². The number of anilines is 1. The van der Waals surface area contributed by atoms with Gasteiger partial charge in [-0.25, -0.2) is 0 Å². The summed E-state index contributed by atoms with van der Waals surface area (Å²) in [4.78, 5) is 0. The lowest BCUT2D eigenvalue weighted by atomic mass is 10.1. The molecule has 4 heteroatoms. The highest BCUT2D eigenvalue weighted by Gasteiger charge is 2.24. The number of hydrogen-bond acceptors (Lipinski definition) is 3. The lowest BCUT2D eigenvalue weighted by Gasteiger charge is -2.02. The van der Waals surface area contributed by atoms with Crippen LogP contribution in [0.4, 0.5) is 5.82 Å². The summed E-state index contributed by atoms with van der Waals surface area (Å²) in [6, 6.07) is 0. The molecular weight excluding hydrogens is 267 g/mol. The quantitative estimate of drug-likeness (QED) is 0.803. The van der Waals surface area contributed by atoms with Crippen molar-refractivity contribution in [2.75, 3.05) is 5.73 Å². The van der Waals surface area contributed by atoms with Gasteiger partial charge in [-0.1, -0.05) is 18.0 Å². The first kappa shape index (κ1) is 8.34. The minimum Gasteiger partial charge on any atom is -0.380 e. The monoisotopic (exact) mass is 278 g/mol. The minimum absolute atomic E-state index is 0.539. The van der Waals surface area contributed by atoms with Gasteiger partial charge in [-0.05, 0) is 35.4 Å². The fourth-order valence-electron chi connectivity index (χ4n) is 1.75. The molecule has 1 aliphatic rings. The van der Waals surface area contributed by atoms with Crippen LogP contribution in [0.25, 0.3) is 0 Å². The average molecular weight is 278 g/mol. The van der Waals surface area contributed by atoms with Crippen LogP contribution in [0.1, 0.15) is 37.4 Å². The fraction of sp³-hybridized carbons (Fsp3) is 0.625. The van der Waals surface area contributed by atoms with Gasteiger partial charge in [-0.15, -0.1) is 0 Å². The van der Waals surface area contributed by atoms with Crippen LogP contribution in [0, 0.1) is 3.57 Å². The Bertz CT molecular complexity index is 279. The fourth-order valence-corrected chi connectivity index (χ4v) is 2.38. The van der Waals surface area contributed by atoms with Crippen LogP contribution < -0.4 is 5.73 Å². The molecule has 1 heterocycles. The van der Waals surface area contributed by atoms with E-state index in [1.807, 2.05) is 0 Å². The second kappa shape index (κ2) is 3.24. The first-order chi connectivity index (χ1) is 5.79. The van der Waals surface area contributed by atoms with Crippen LogP contribution >= 0.6 is 22.6 Å². The molecule has 1 aromatic rings. The molecule has 2 rings (SSSR count). The summed E-state index contributed by atoms with van der Waals surface area (Å²) in [6.45, 7) is 0. The maximum atomic E-state index is 5.60. The van der Waals surface area contributed by atoms with Crippen LogP contribution in [0.5, 0.6) is 0 Å². The van der Waals surface area contributed by atoms with E-state index in [4.69, 9.17) is 10.3 Å². The molecule has 0 amide bonds. The molecule has 0 atom stereocenters. The Balaban J connectivity index is 2.26. The van der Waals surface area contributed by atoms with Crippen LogP contribution in [0.3, 0.4) is 0 Å². The number of nitrogen functional groups attached to an aromatic ring is 1. The number of hydrogen-bond donors (Lipinski definition) is 1. The first-order valence-corrected chi connectivity index (χ1v) is 5.27. The Morgan fingerprint density at radius 3 is 2.58 bits per heavy atom. The normalized spacial score (nSPS) is 18.8. The van der Waals surface area contributed by atoms with Gasteiger partial charge in [0.2, 0.25) is 0 Å². The van der Waals surface area contributed by atoms with E-state index in [1.165, 1.54) is 25.7 Å².